The minimum Gasteiger partial charge on any atom is -0.480 e. The number of nitrogens with two attached hydrogens (primary N) is 1. The van der Waals surface area contributed by atoms with Crippen LogP contribution in [0.15, 0.2) is 24.3 Å². The second-order valence-corrected chi connectivity index (χ2v) is 6.30. The molecule has 1 aliphatic rings. The number of nitrogens with zero attached hydrogens (tertiary/aromatic N) is 1. The average Bonchev–Trinajstić information content (AvgIpc) is 3.28. The Kier molecular flexibility index (Phi) is 6.17. The van der Waals surface area contributed by atoms with Gasteiger partial charge in [0.25, 0.3) is 0 Å². The number of esters is 1. The standard InChI is InChI=1S/C17H22N2O7/c18-13-3-1-11(2-4-13)10-26-16(25)17(7-12(17)5-6-20)19(8-14(21)22)9-15(23)24/h1-4,12,20H,5-10,18H2,(H,21,22)(H,23,24). The van der Waals surface area contributed by atoms with Crippen molar-refractivity contribution in [3.05, 3.63) is 29.8 Å². The van der Waals surface area contributed by atoms with Gasteiger partial charge in [-0.2, -0.15) is 0 Å². The molecule has 1 fully saturated rings. The maximum atomic E-state index is 12.7. The van der Waals surface area contributed by atoms with E-state index in [2.05, 4.69) is 0 Å². The van der Waals surface area contributed by atoms with Gasteiger partial charge >= 0.3 is 17.9 Å². The van der Waals surface area contributed by atoms with E-state index in [1.807, 2.05) is 0 Å². The Bertz CT molecular complexity index is 660. The van der Waals surface area contributed by atoms with Gasteiger partial charge in [0.1, 0.15) is 12.1 Å². The number of carboxylic acids is 2. The summed E-state index contributed by atoms with van der Waals surface area (Å²) in [5.41, 5.74) is 5.52. The molecule has 1 saturated carbocycles. The largest absolute Gasteiger partial charge is 0.480 e. The lowest BCUT2D eigenvalue weighted by Crippen LogP contribution is -2.50. The van der Waals surface area contributed by atoms with E-state index in [4.69, 9.17) is 25.8 Å². The molecular weight excluding hydrogens is 344 g/mol. The van der Waals surface area contributed by atoms with Crippen LogP contribution in [-0.4, -0.2) is 63.4 Å². The van der Waals surface area contributed by atoms with Crippen LogP contribution in [0.5, 0.6) is 0 Å². The summed E-state index contributed by atoms with van der Waals surface area (Å²) in [7, 11) is 0. The van der Waals surface area contributed by atoms with Crippen molar-refractivity contribution in [1.29, 1.82) is 0 Å². The quantitative estimate of drug-likeness (QED) is 0.329. The van der Waals surface area contributed by atoms with Crippen LogP contribution >= 0.6 is 0 Å². The lowest BCUT2D eigenvalue weighted by atomic mass is 10.1. The number of nitrogen functional groups attached to an aromatic ring is 1. The first-order chi connectivity index (χ1) is 12.3. The number of anilines is 1. The predicted molar refractivity (Wildman–Crippen MR) is 90.0 cm³/mol. The fraction of sp³-hybridized carbons (Fsp3) is 0.471. The highest BCUT2D eigenvalue weighted by molar-refractivity contribution is 5.87. The normalized spacial score (nSPS) is 21.4. The van der Waals surface area contributed by atoms with Crippen LogP contribution in [-0.2, 0) is 25.7 Å². The Morgan fingerprint density at radius 2 is 1.73 bits per heavy atom. The summed E-state index contributed by atoms with van der Waals surface area (Å²) < 4.78 is 5.33. The number of hydrogen-bond acceptors (Lipinski definition) is 7. The number of carbonyl (C=O) groups is 3. The molecule has 0 aliphatic heterocycles. The van der Waals surface area contributed by atoms with E-state index in [-0.39, 0.29) is 32.0 Å². The Balaban J connectivity index is 2.15. The highest BCUT2D eigenvalue weighted by Crippen LogP contribution is 2.51. The van der Waals surface area contributed by atoms with Crippen molar-refractivity contribution in [1.82, 2.24) is 4.90 Å². The van der Waals surface area contributed by atoms with Gasteiger partial charge in [-0.1, -0.05) is 12.1 Å². The molecular formula is C17H22N2O7. The summed E-state index contributed by atoms with van der Waals surface area (Å²) in [4.78, 5) is 36.0. The summed E-state index contributed by atoms with van der Waals surface area (Å²) in [5, 5.41) is 27.3. The van der Waals surface area contributed by atoms with Crippen LogP contribution in [0.3, 0.4) is 0 Å². The van der Waals surface area contributed by atoms with Crippen LogP contribution in [0.1, 0.15) is 18.4 Å². The van der Waals surface area contributed by atoms with Crippen molar-refractivity contribution >= 4 is 23.6 Å². The van der Waals surface area contributed by atoms with Crippen molar-refractivity contribution in [2.75, 3.05) is 25.4 Å². The van der Waals surface area contributed by atoms with Gasteiger partial charge < -0.3 is 25.8 Å². The molecule has 1 aromatic carbocycles. The number of hydrogen-bond donors (Lipinski definition) is 4. The molecule has 2 unspecified atom stereocenters. The van der Waals surface area contributed by atoms with E-state index >= 15 is 0 Å². The first-order valence-corrected chi connectivity index (χ1v) is 8.10. The highest BCUT2D eigenvalue weighted by Gasteiger charge is 2.64. The number of carboxylic acid groups (broad SMARTS) is 2. The molecule has 142 valence electrons. The molecule has 2 atom stereocenters. The average molecular weight is 366 g/mol. The van der Waals surface area contributed by atoms with E-state index in [1.54, 1.807) is 24.3 Å². The molecule has 0 radical (unpaired) electrons. The molecule has 26 heavy (non-hydrogen) atoms. The second kappa shape index (κ2) is 8.15. The van der Waals surface area contributed by atoms with Crippen LogP contribution in [0, 0.1) is 5.92 Å². The molecule has 0 spiro atoms. The van der Waals surface area contributed by atoms with Crippen molar-refractivity contribution < 1.29 is 34.4 Å². The molecule has 0 aromatic heterocycles. The molecule has 0 amide bonds. The first-order valence-electron chi connectivity index (χ1n) is 8.10. The van der Waals surface area contributed by atoms with Gasteiger partial charge in [-0.3, -0.25) is 19.3 Å². The van der Waals surface area contributed by atoms with Gasteiger partial charge in [0.2, 0.25) is 0 Å². The van der Waals surface area contributed by atoms with Crippen molar-refractivity contribution in [3.8, 4) is 0 Å². The van der Waals surface area contributed by atoms with Crippen LogP contribution in [0.2, 0.25) is 0 Å². The molecule has 9 heteroatoms. The molecule has 1 aliphatic carbocycles. The van der Waals surface area contributed by atoms with Gasteiger partial charge in [0.15, 0.2) is 0 Å². The number of carbonyl (C=O) groups excluding carboxylic acids is 1. The molecule has 0 heterocycles. The van der Waals surface area contributed by atoms with Crippen molar-refractivity contribution in [3.63, 3.8) is 0 Å². The zero-order valence-electron chi connectivity index (χ0n) is 14.1. The summed E-state index contributed by atoms with van der Waals surface area (Å²) in [6, 6.07) is 6.71. The Morgan fingerprint density at radius 1 is 1.15 bits per heavy atom. The maximum Gasteiger partial charge on any atom is 0.327 e. The Morgan fingerprint density at radius 3 is 2.23 bits per heavy atom. The van der Waals surface area contributed by atoms with E-state index in [9.17, 15) is 14.4 Å². The minimum atomic E-state index is -1.34. The van der Waals surface area contributed by atoms with Crippen LogP contribution < -0.4 is 5.73 Å². The molecule has 1 aromatic rings. The minimum absolute atomic E-state index is 0.0410. The lowest BCUT2D eigenvalue weighted by Gasteiger charge is -2.28. The van der Waals surface area contributed by atoms with Crippen LogP contribution in [0.4, 0.5) is 5.69 Å². The number of rotatable bonds is 10. The lowest BCUT2D eigenvalue weighted by molar-refractivity contribution is -0.157. The number of benzene rings is 1. The van der Waals surface area contributed by atoms with Gasteiger partial charge in [0.05, 0.1) is 13.1 Å². The van der Waals surface area contributed by atoms with E-state index in [0.29, 0.717) is 11.3 Å². The van der Waals surface area contributed by atoms with Gasteiger partial charge in [0, 0.05) is 12.3 Å². The van der Waals surface area contributed by atoms with Gasteiger partial charge in [-0.25, -0.2) is 0 Å². The number of ether oxygens (including phenoxy) is 1. The summed E-state index contributed by atoms with van der Waals surface area (Å²) in [5.74, 6) is -3.53. The van der Waals surface area contributed by atoms with E-state index in [0.717, 1.165) is 4.90 Å². The van der Waals surface area contributed by atoms with Crippen LogP contribution in [0.25, 0.3) is 0 Å². The number of aliphatic carboxylic acids is 2. The molecule has 5 N–H and O–H groups in total. The predicted octanol–water partition coefficient (Wildman–Crippen LogP) is -0.0757. The zero-order chi connectivity index (χ0) is 19.3. The summed E-state index contributed by atoms with van der Waals surface area (Å²) >= 11 is 0. The van der Waals surface area contributed by atoms with Gasteiger partial charge in [-0.05, 0) is 36.5 Å². The smallest absolute Gasteiger partial charge is 0.327 e. The zero-order valence-corrected chi connectivity index (χ0v) is 14.1. The first kappa shape index (κ1) is 19.7. The van der Waals surface area contributed by atoms with Gasteiger partial charge in [-0.15, -0.1) is 0 Å². The Hall–Kier alpha value is -2.65. The third-order valence-electron chi connectivity index (χ3n) is 4.47. The fourth-order valence-electron chi connectivity index (χ4n) is 3.13. The second-order valence-electron chi connectivity index (χ2n) is 6.30. The van der Waals surface area contributed by atoms with E-state index < -0.39 is 36.5 Å². The maximum absolute atomic E-state index is 12.7. The molecule has 9 nitrogen and oxygen atoms in total. The third kappa shape index (κ3) is 4.50. The molecule has 0 bridgehead atoms. The highest BCUT2D eigenvalue weighted by atomic mass is 16.5. The molecule has 0 saturated heterocycles. The monoisotopic (exact) mass is 366 g/mol. The Labute approximate surface area is 150 Å². The summed E-state index contributed by atoms with van der Waals surface area (Å²) in [6.45, 7) is -1.44. The topological polar surface area (TPSA) is 150 Å². The molecule has 2 rings (SSSR count). The number of aliphatic hydroxyl groups is 1. The fourth-order valence-corrected chi connectivity index (χ4v) is 3.13. The number of aliphatic hydroxyl groups excluding tert-OH is 1. The third-order valence-corrected chi connectivity index (χ3v) is 4.47. The van der Waals surface area contributed by atoms with E-state index in [1.165, 1.54) is 0 Å². The summed E-state index contributed by atoms with van der Waals surface area (Å²) in [6.07, 6.45) is 0.501. The SMILES string of the molecule is Nc1ccc(COC(=O)C2(N(CC(=O)O)CC(=O)O)CC2CCO)cc1. The van der Waals surface area contributed by atoms with Crippen molar-refractivity contribution in [2.24, 2.45) is 5.92 Å². The van der Waals surface area contributed by atoms with Crippen molar-refractivity contribution in [2.45, 2.75) is 25.0 Å².